The predicted molar refractivity (Wildman–Crippen MR) is 114 cm³/mol. The van der Waals surface area contributed by atoms with Crippen LogP contribution in [0.4, 0.5) is 5.69 Å². The minimum Gasteiger partial charge on any atom is -0.459 e. The van der Waals surface area contributed by atoms with Gasteiger partial charge in [0.1, 0.15) is 0 Å². The zero-order valence-electron chi connectivity index (χ0n) is 16.3. The molecule has 4 N–H and O–H groups in total. The Bertz CT molecular complexity index is 808. The van der Waals surface area contributed by atoms with Crippen molar-refractivity contribution in [1.29, 1.82) is 0 Å². The van der Waals surface area contributed by atoms with Crippen molar-refractivity contribution in [3.63, 3.8) is 0 Å². The quantitative estimate of drug-likeness (QED) is 0.690. The van der Waals surface area contributed by atoms with E-state index in [4.69, 9.17) is 10.2 Å². The van der Waals surface area contributed by atoms with E-state index in [9.17, 15) is 9.59 Å². The van der Waals surface area contributed by atoms with E-state index < -0.39 is 0 Å². The lowest BCUT2D eigenvalue weighted by molar-refractivity contribution is -0.128. The van der Waals surface area contributed by atoms with Gasteiger partial charge in [0.05, 0.1) is 6.26 Å². The number of fused-ring (bicyclic) bond motifs is 2. The van der Waals surface area contributed by atoms with E-state index in [1.165, 1.54) is 12.7 Å². The highest BCUT2D eigenvalue weighted by molar-refractivity contribution is 6.02. The molecule has 1 aromatic carbocycles. The predicted octanol–water partition coefficient (Wildman–Crippen LogP) is 3.72. The number of nitrogens with two attached hydrogens (primary N) is 1. The highest BCUT2D eigenvalue weighted by Crippen LogP contribution is 2.41. The third-order valence-corrected chi connectivity index (χ3v) is 6.21. The van der Waals surface area contributed by atoms with Crippen molar-refractivity contribution in [3.05, 3.63) is 54.0 Å². The van der Waals surface area contributed by atoms with Crippen molar-refractivity contribution in [2.75, 3.05) is 5.32 Å². The van der Waals surface area contributed by atoms with Crippen LogP contribution in [-0.2, 0) is 11.3 Å². The van der Waals surface area contributed by atoms with Crippen molar-refractivity contribution in [2.24, 2.45) is 23.5 Å². The number of carbonyl (C=O) groups is 2. The normalized spacial score (nSPS) is 25.6. The van der Waals surface area contributed by atoms with Crippen LogP contribution in [0.1, 0.15) is 48.2 Å². The SMILES string of the molecule is Cl.NC1C2CCCC1CC(C(=O)NCc1ccc(NC(=O)c3ccco3)cc1)C2. The van der Waals surface area contributed by atoms with Crippen LogP contribution in [0.3, 0.4) is 0 Å². The van der Waals surface area contributed by atoms with Gasteiger partial charge < -0.3 is 20.8 Å². The number of hydrogen-bond donors (Lipinski definition) is 3. The van der Waals surface area contributed by atoms with Crippen molar-refractivity contribution in [1.82, 2.24) is 5.32 Å². The van der Waals surface area contributed by atoms with E-state index in [0.29, 0.717) is 24.1 Å². The lowest BCUT2D eigenvalue weighted by atomic mass is 9.65. The molecular weight excluding hydrogens is 390 g/mol. The molecule has 2 bridgehead atoms. The van der Waals surface area contributed by atoms with Crippen LogP contribution in [0.25, 0.3) is 0 Å². The summed E-state index contributed by atoms with van der Waals surface area (Å²) in [6.45, 7) is 0.489. The molecule has 2 aromatic rings. The molecule has 29 heavy (non-hydrogen) atoms. The van der Waals surface area contributed by atoms with Crippen LogP contribution in [0.2, 0.25) is 0 Å². The molecule has 2 saturated carbocycles. The van der Waals surface area contributed by atoms with Gasteiger partial charge in [-0.2, -0.15) is 0 Å². The summed E-state index contributed by atoms with van der Waals surface area (Å²) in [4.78, 5) is 24.6. The molecule has 2 atom stereocenters. The number of amides is 2. The maximum absolute atomic E-state index is 12.6. The van der Waals surface area contributed by atoms with Gasteiger partial charge in [-0.3, -0.25) is 9.59 Å². The van der Waals surface area contributed by atoms with Gasteiger partial charge in [0.25, 0.3) is 5.91 Å². The molecule has 0 spiro atoms. The topological polar surface area (TPSA) is 97.4 Å². The maximum atomic E-state index is 12.6. The van der Waals surface area contributed by atoms with Gasteiger partial charge in [0.15, 0.2) is 5.76 Å². The van der Waals surface area contributed by atoms with E-state index in [2.05, 4.69) is 10.6 Å². The average molecular weight is 418 g/mol. The van der Waals surface area contributed by atoms with E-state index in [-0.39, 0.29) is 41.9 Å². The summed E-state index contributed by atoms with van der Waals surface area (Å²) >= 11 is 0. The van der Waals surface area contributed by atoms with Crippen molar-refractivity contribution in [2.45, 2.75) is 44.7 Å². The molecule has 6 nitrogen and oxygen atoms in total. The number of furan rings is 1. The standard InChI is InChI=1S/C22H27N3O3.ClH/c23-20-15-3-1-4-16(20)12-17(11-15)21(26)24-13-14-6-8-18(9-7-14)25-22(27)19-5-2-10-28-19;/h2,5-10,15-17,20H,1,3-4,11-13,23H2,(H,24,26)(H,25,27);1H. The first-order valence-electron chi connectivity index (χ1n) is 10.1. The molecule has 2 aliphatic carbocycles. The van der Waals surface area contributed by atoms with Crippen molar-refractivity contribution < 1.29 is 14.0 Å². The summed E-state index contributed by atoms with van der Waals surface area (Å²) < 4.78 is 5.08. The minimum atomic E-state index is -0.285. The summed E-state index contributed by atoms with van der Waals surface area (Å²) in [5.74, 6) is 1.21. The van der Waals surface area contributed by atoms with Crippen LogP contribution < -0.4 is 16.4 Å². The second-order valence-corrected chi connectivity index (χ2v) is 8.04. The van der Waals surface area contributed by atoms with Crippen LogP contribution in [0.15, 0.2) is 47.1 Å². The zero-order chi connectivity index (χ0) is 19.5. The Kier molecular flexibility index (Phi) is 6.98. The third-order valence-electron chi connectivity index (χ3n) is 6.21. The minimum absolute atomic E-state index is 0. The zero-order valence-corrected chi connectivity index (χ0v) is 17.1. The summed E-state index contributed by atoms with van der Waals surface area (Å²) in [7, 11) is 0. The highest BCUT2D eigenvalue weighted by atomic mass is 35.5. The number of carbonyl (C=O) groups excluding carboxylic acids is 2. The molecule has 2 aliphatic rings. The number of benzene rings is 1. The lowest BCUT2D eigenvalue weighted by Gasteiger charge is -2.43. The number of anilines is 1. The second kappa shape index (κ2) is 9.46. The first kappa shape index (κ1) is 21.4. The Morgan fingerprint density at radius 1 is 1.07 bits per heavy atom. The molecule has 0 saturated heterocycles. The largest absolute Gasteiger partial charge is 0.459 e. The van der Waals surface area contributed by atoms with Crippen LogP contribution in [0.5, 0.6) is 0 Å². The number of nitrogens with one attached hydrogen (secondary N) is 2. The molecule has 7 heteroatoms. The number of rotatable bonds is 5. The Balaban J connectivity index is 0.00000240. The molecule has 4 rings (SSSR count). The average Bonchev–Trinajstić information content (AvgIpc) is 3.22. The molecule has 2 amide bonds. The lowest BCUT2D eigenvalue weighted by Crippen LogP contribution is -2.49. The second-order valence-electron chi connectivity index (χ2n) is 8.04. The van der Waals surface area contributed by atoms with Crippen LogP contribution in [-0.4, -0.2) is 17.9 Å². The van der Waals surface area contributed by atoms with Gasteiger partial charge in [-0.1, -0.05) is 18.6 Å². The summed E-state index contributed by atoms with van der Waals surface area (Å²) in [5.41, 5.74) is 8.01. The molecule has 2 unspecified atom stereocenters. The molecule has 1 heterocycles. The van der Waals surface area contributed by atoms with Gasteiger partial charge in [0, 0.05) is 24.2 Å². The van der Waals surface area contributed by atoms with Gasteiger partial charge in [0.2, 0.25) is 5.91 Å². The van der Waals surface area contributed by atoms with E-state index in [1.54, 1.807) is 12.1 Å². The van der Waals surface area contributed by atoms with Gasteiger partial charge in [-0.25, -0.2) is 0 Å². The Labute approximate surface area is 177 Å². The summed E-state index contributed by atoms with van der Waals surface area (Å²) in [6.07, 6.45) is 6.87. The molecule has 0 radical (unpaired) electrons. The molecule has 0 aliphatic heterocycles. The van der Waals surface area contributed by atoms with Gasteiger partial charge in [-0.05, 0) is 67.3 Å². The molecule has 156 valence electrons. The van der Waals surface area contributed by atoms with Crippen LogP contribution >= 0.6 is 12.4 Å². The molecule has 2 fully saturated rings. The first-order valence-corrected chi connectivity index (χ1v) is 10.1. The van der Waals surface area contributed by atoms with Crippen LogP contribution in [0, 0.1) is 17.8 Å². The summed E-state index contributed by atoms with van der Waals surface area (Å²) in [6, 6.07) is 11.0. The van der Waals surface area contributed by atoms with Gasteiger partial charge in [-0.15, -0.1) is 12.4 Å². The van der Waals surface area contributed by atoms with E-state index in [1.807, 2.05) is 24.3 Å². The fourth-order valence-electron chi connectivity index (χ4n) is 4.64. The first-order chi connectivity index (χ1) is 13.6. The number of hydrogen-bond acceptors (Lipinski definition) is 4. The fourth-order valence-corrected chi connectivity index (χ4v) is 4.64. The van der Waals surface area contributed by atoms with E-state index >= 15 is 0 Å². The number of halogens is 1. The van der Waals surface area contributed by atoms with Crippen molar-refractivity contribution in [3.8, 4) is 0 Å². The monoisotopic (exact) mass is 417 g/mol. The third kappa shape index (κ3) is 5.00. The summed E-state index contributed by atoms with van der Waals surface area (Å²) in [5, 5.41) is 5.86. The maximum Gasteiger partial charge on any atom is 0.291 e. The fraction of sp³-hybridized carbons (Fsp3) is 0.455. The Morgan fingerprint density at radius 2 is 1.76 bits per heavy atom. The van der Waals surface area contributed by atoms with Crippen molar-refractivity contribution >= 4 is 29.9 Å². The van der Waals surface area contributed by atoms with Gasteiger partial charge >= 0.3 is 0 Å². The molecular formula is C22H28ClN3O3. The highest BCUT2D eigenvalue weighted by Gasteiger charge is 2.40. The Morgan fingerprint density at radius 3 is 2.38 bits per heavy atom. The van der Waals surface area contributed by atoms with E-state index in [0.717, 1.165) is 31.2 Å². The molecule has 1 aromatic heterocycles. The smallest absolute Gasteiger partial charge is 0.291 e. The Hall–Kier alpha value is -2.31.